The molecule has 29 heavy (non-hydrogen) atoms. The molecule has 0 bridgehead atoms. The Balaban J connectivity index is 1.55. The zero-order chi connectivity index (χ0) is 19.9. The van der Waals surface area contributed by atoms with Crippen molar-refractivity contribution in [1.82, 2.24) is 0 Å². The van der Waals surface area contributed by atoms with Crippen molar-refractivity contribution < 1.29 is 19.3 Å². The molecule has 1 spiro atoms. The lowest BCUT2D eigenvalue weighted by molar-refractivity contribution is -0.948. The fourth-order valence-electron chi connectivity index (χ4n) is 6.36. The van der Waals surface area contributed by atoms with Gasteiger partial charge in [-0.1, -0.05) is 35.9 Å². The molecule has 0 aromatic heterocycles. The standard InChI is InChI=1S/C23H21N3O3/c1-13-8-10-14(11-9-13)26-20(27)18-17-7-4-12-25(17)23(19(18)21(26)28)15-5-2-3-6-16(15)24-22(23)29/h2-3,5-6,8-11,17-19H,4,7,12H2,1H3,(H,24,29)/p+1/t17-,18+,19-,23+/m0/s1. The van der Waals surface area contributed by atoms with Crippen LogP contribution in [0, 0.1) is 18.8 Å². The molecule has 4 heterocycles. The molecule has 2 aromatic rings. The van der Waals surface area contributed by atoms with Crippen LogP contribution in [0.3, 0.4) is 0 Å². The molecule has 3 fully saturated rings. The average Bonchev–Trinajstić information content (AvgIpc) is 3.41. The maximum Gasteiger partial charge on any atom is 0.291 e. The molecule has 4 aliphatic heterocycles. The second-order valence-electron chi connectivity index (χ2n) is 8.68. The molecule has 6 heteroatoms. The SMILES string of the molecule is Cc1ccc(N2C(=O)[C@H]3[C@@H](C2=O)[C@]2(C(=O)Nc4ccccc42)[NH+]2CCC[C@@H]32)cc1. The van der Waals surface area contributed by atoms with Gasteiger partial charge in [0.25, 0.3) is 5.91 Å². The summed E-state index contributed by atoms with van der Waals surface area (Å²) in [7, 11) is 0. The van der Waals surface area contributed by atoms with Crippen LogP contribution in [0.25, 0.3) is 0 Å². The minimum atomic E-state index is -1.01. The van der Waals surface area contributed by atoms with Crippen LogP contribution in [0.15, 0.2) is 48.5 Å². The van der Waals surface area contributed by atoms with Gasteiger partial charge in [-0.2, -0.15) is 0 Å². The number of amides is 3. The van der Waals surface area contributed by atoms with Gasteiger partial charge in [0.2, 0.25) is 17.4 Å². The predicted octanol–water partition coefficient (Wildman–Crippen LogP) is 1.01. The molecule has 0 aliphatic carbocycles. The van der Waals surface area contributed by atoms with Gasteiger partial charge in [-0.3, -0.25) is 14.4 Å². The number of carbonyl (C=O) groups excluding carboxylic acids is 3. The van der Waals surface area contributed by atoms with Crippen molar-refractivity contribution in [3.8, 4) is 0 Å². The van der Waals surface area contributed by atoms with Crippen molar-refractivity contribution in [3.05, 3.63) is 59.7 Å². The molecule has 5 atom stereocenters. The molecular weight excluding hydrogens is 366 g/mol. The Labute approximate surface area is 168 Å². The first kappa shape index (κ1) is 16.9. The molecule has 6 nitrogen and oxygen atoms in total. The highest BCUT2D eigenvalue weighted by Gasteiger charge is 2.78. The van der Waals surface area contributed by atoms with Gasteiger partial charge in [0.15, 0.2) is 0 Å². The second-order valence-corrected chi connectivity index (χ2v) is 8.68. The van der Waals surface area contributed by atoms with Crippen LogP contribution in [0.1, 0.15) is 24.0 Å². The van der Waals surface area contributed by atoms with Gasteiger partial charge in [-0.25, -0.2) is 4.90 Å². The number of aryl methyl sites for hydroxylation is 1. The van der Waals surface area contributed by atoms with Gasteiger partial charge in [0.1, 0.15) is 17.9 Å². The summed E-state index contributed by atoms with van der Waals surface area (Å²) in [6, 6.07) is 15.1. The first-order chi connectivity index (χ1) is 14.0. The molecule has 3 saturated heterocycles. The summed E-state index contributed by atoms with van der Waals surface area (Å²) < 4.78 is 0. The summed E-state index contributed by atoms with van der Waals surface area (Å²) in [6.07, 6.45) is 1.83. The monoisotopic (exact) mass is 388 g/mol. The van der Waals surface area contributed by atoms with Crippen LogP contribution in [-0.2, 0) is 19.9 Å². The molecule has 146 valence electrons. The normalized spacial score (nSPS) is 34.5. The number of nitrogens with one attached hydrogen (secondary N) is 2. The van der Waals surface area contributed by atoms with Gasteiger partial charge in [-0.05, 0) is 25.1 Å². The van der Waals surface area contributed by atoms with E-state index in [9.17, 15) is 14.4 Å². The number of imide groups is 1. The molecule has 0 saturated carbocycles. The fraction of sp³-hybridized carbons (Fsp3) is 0.348. The lowest BCUT2D eigenvalue weighted by Gasteiger charge is -2.33. The highest BCUT2D eigenvalue weighted by Crippen LogP contribution is 2.52. The maximum absolute atomic E-state index is 13.7. The third-order valence-electron chi connectivity index (χ3n) is 7.42. The maximum atomic E-state index is 13.7. The van der Waals surface area contributed by atoms with Crippen LogP contribution in [0.2, 0.25) is 0 Å². The van der Waals surface area contributed by atoms with Gasteiger partial charge < -0.3 is 10.2 Å². The molecule has 6 rings (SSSR count). The number of anilines is 2. The molecule has 1 unspecified atom stereocenters. The lowest BCUT2D eigenvalue weighted by Crippen LogP contribution is -3.19. The average molecular weight is 388 g/mol. The van der Waals surface area contributed by atoms with Crippen LogP contribution in [0.4, 0.5) is 11.4 Å². The summed E-state index contributed by atoms with van der Waals surface area (Å²) in [5.41, 5.74) is 2.30. The van der Waals surface area contributed by atoms with E-state index >= 15 is 0 Å². The zero-order valence-electron chi connectivity index (χ0n) is 16.1. The van der Waals surface area contributed by atoms with E-state index in [1.807, 2.05) is 55.5 Å². The van der Waals surface area contributed by atoms with Crippen LogP contribution >= 0.6 is 0 Å². The van der Waals surface area contributed by atoms with E-state index in [1.54, 1.807) is 0 Å². The van der Waals surface area contributed by atoms with Crippen molar-refractivity contribution in [2.75, 3.05) is 16.8 Å². The van der Waals surface area contributed by atoms with Crippen molar-refractivity contribution in [1.29, 1.82) is 0 Å². The van der Waals surface area contributed by atoms with Crippen LogP contribution < -0.4 is 15.1 Å². The Morgan fingerprint density at radius 3 is 2.59 bits per heavy atom. The topological polar surface area (TPSA) is 70.9 Å². The largest absolute Gasteiger partial charge is 0.320 e. The van der Waals surface area contributed by atoms with Crippen molar-refractivity contribution >= 4 is 29.1 Å². The molecule has 2 aromatic carbocycles. The molecular formula is C23H22N3O3+. The van der Waals surface area contributed by atoms with Crippen LogP contribution in [0.5, 0.6) is 0 Å². The number of fused-ring (bicyclic) bond motifs is 7. The second kappa shape index (κ2) is 5.54. The first-order valence-electron chi connectivity index (χ1n) is 10.3. The summed E-state index contributed by atoms with van der Waals surface area (Å²) in [6.45, 7) is 2.78. The van der Waals surface area contributed by atoms with Crippen molar-refractivity contribution in [2.24, 2.45) is 11.8 Å². The number of carbonyl (C=O) groups is 3. The quantitative estimate of drug-likeness (QED) is 0.717. The third-order valence-corrected chi connectivity index (χ3v) is 7.42. The summed E-state index contributed by atoms with van der Waals surface area (Å²) in [5, 5.41) is 3.01. The Kier molecular flexibility index (Phi) is 3.23. The predicted molar refractivity (Wildman–Crippen MR) is 106 cm³/mol. The van der Waals surface area contributed by atoms with E-state index in [-0.39, 0.29) is 23.8 Å². The number of para-hydroxylation sites is 1. The highest BCUT2D eigenvalue weighted by molar-refractivity contribution is 6.25. The summed E-state index contributed by atoms with van der Waals surface area (Å²) >= 11 is 0. The molecule has 3 amide bonds. The number of hydrogen-bond acceptors (Lipinski definition) is 3. The fourth-order valence-corrected chi connectivity index (χ4v) is 6.36. The van der Waals surface area contributed by atoms with E-state index in [0.29, 0.717) is 5.69 Å². The molecule has 0 radical (unpaired) electrons. The Bertz CT molecular complexity index is 1080. The first-order valence-corrected chi connectivity index (χ1v) is 10.3. The van der Waals surface area contributed by atoms with E-state index in [2.05, 4.69) is 5.32 Å². The minimum absolute atomic E-state index is 0.00352. The van der Waals surface area contributed by atoms with E-state index in [0.717, 1.165) is 41.1 Å². The van der Waals surface area contributed by atoms with E-state index in [1.165, 1.54) is 4.90 Å². The number of nitrogens with zero attached hydrogens (tertiary/aromatic N) is 1. The van der Waals surface area contributed by atoms with Gasteiger partial charge in [0, 0.05) is 18.4 Å². The zero-order valence-corrected chi connectivity index (χ0v) is 16.1. The summed E-state index contributed by atoms with van der Waals surface area (Å²) in [4.78, 5) is 43.2. The van der Waals surface area contributed by atoms with Crippen molar-refractivity contribution in [2.45, 2.75) is 31.3 Å². The Hall–Kier alpha value is -2.99. The van der Waals surface area contributed by atoms with Crippen LogP contribution in [-0.4, -0.2) is 30.3 Å². The smallest absolute Gasteiger partial charge is 0.291 e. The summed E-state index contributed by atoms with van der Waals surface area (Å²) in [5.74, 6) is -1.63. The van der Waals surface area contributed by atoms with Gasteiger partial charge in [0.05, 0.1) is 17.9 Å². The Morgan fingerprint density at radius 2 is 1.79 bits per heavy atom. The highest BCUT2D eigenvalue weighted by atomic mass is 16.2. The van der Waals surface area contributed by atoms with Gasteiger partial charge >= 0.3 is 0 Å². The van der Waals surface area contributed by atoms with Crippen molar-refractivity contribution in [3.63, 3.8) is 0 Å². The third kappa shape index (κ3) is 1.88. The van der Waals surface area contributed by atoms with E-state index in [4.69, 9.17) is 0 Å². The number of quaternary nitrogens is 1. The van der Waals surface area contributed by atoms with Gasteiger partial charge in [-0.15, -0.1) is 0 Å². The number of benzene rings is 2. The molecule has 4 aliphatic rings. The minimum Gasteiger partial charge on any atom is -0.320 e. The lowest BCUT2D eigenvalue weighted by atomic mass is 9.75. The van der Waals surface area contributed by atoms with E-state index < -0.39 is 17.4 Å². The number of rotatable bonds is 1. The number of hydrogen-bond donors (Lipinski definition) is 2. The molecule has 2 N–H and O–H groups in total. The Morgan fingerprint density at radius 1 is 1.03 bits per heavy atom.